The van der Waals surface area contributed by atoms with Gasteiger partial charge in [0.15, 0.2) is 0 Å². The molecule has 4 heteroatoms. The Labute approximate surface area is 122 Å². The van der Waals surface area contributed by atoms with Crippen molar-refractivity contribution in [1.29, 1.82) is 0 Å². The fourth-order valence-corrected chi connectivity index (χ4v) is 2.86. The van der Waals surface area contributed by atoms with Crippen molar-refractivity contribution in [2.75, 3.05) is 32.7 Å². The highest BCUT2D eigenvalue weighted by molar-refractivity contribution is 5.13. The van der Waals surface area contributed by atoms with E-state index in [1.807, 2.05) is 6.26 Å². The van der Waals surface area contributed by atoms with Crippen LogP contribution < -0.4 is 5.32 Å². The fourth-order valence-electron chi connectivity index (χ4n) is 2.86. The highest BCUT2D eigenvalue weighted by Gasteiger charge is 2.21. The first kappa shape index (κ1) is 14.1. The van der Waals surface area contributed by atoms with Crippen molar-refractivity contribution >= 4 is 0 Å². The summed E-state index contributed by atoms with van der Waals surface area (Å²) in [5.41, 5.74) is 1.29. The molecule has 0 aromatic carbocycles. The van der Waals surface area contributed by atoms with E-state index in [-0.39, 0.29) is 0 Å². The Morgan fingerprint density at radius 3 is 2.65 bits per heavy atom. The van der Waals surface area contributed by atoms with Crippen LogP contribution in [0, 0.1) is 0 Å². The molecule has 2 heterocycles. The zero-order valence-electron chi connectivity index (χ0n) is 12.6. The van der Waals surface area contributed by atoms with E-state index >= 15 is 0 Å². The summed E-state index contributed by atoms with van der Waals surface area (Å²) < 4.78 is 5.70. The van der Waals surface area contributed by atoms with Gasteiger partial charge in [-0.25, -0.2) is 0 Å². The molecule has 0 atom stereocenters. The van der Waals surface area contributed by atoms with Gasteiger partial charge in [0.2, 0.25) is 0 Å². The van der Waals surface area contributed by atoms with Gasteiger partial charge in [-0.05, 0) is 31.9 Å². The minimum atomic E-state index is 0.764. The molecule has 1 saturated heterocycles. The molecule has 0 unspecified atom stereocenters. The number of piperazine rings is 1. The van der Waals surface area contributed by atoms with Crippen LogP contribution in [0.15, 0.2) is 16.7 Å². The smallest absolute Gasteiger partial charge is 0.118 e. The van der Waals surface area contributed by atoms with Crippen molar-refractivity contribution in [2.24, 2.45) is 0 Å². The minimum Gasteiger partial charge on any atom is -0.468 e. The molecule has 1 aromatic rings. The molecule has 20 heavy (non-hydrogen) atoms. The lowest BCUT2D eigenvalue weighted by atomic mass is 10.2. The summed E-state index contributed by atoms with van der Waals surface area (Å²) >= 11 is 0. The largest absolute Gasteiger partial charge is 0.468 e. The third-order valence-electron chi connectivity index (χ3n) is 4.26. The van der Waals surface area contributed by atoms with E-state index < -0.39 is 0 Å². The van der Waals surface area contributed by atoms with Crippen LogP contribution in [-0.4, -0.2) is 48.6 Å². The van der Waals surface area contributed by atoms with Crippen molar-refractivity contribution in [2.45, 2.75) is 45.3 Å². The zero-order valence-corrected chi connectivity index (χ0v) is 12.6. The second-order valence-electron chi connectivity index (χ2n) is 6.19. The summed E-state index contributed by atoms with van der Waals surface area (Å²) in [6.07, 6.45) is 5.85. The van der Waals surface area contributed by atoms with E-state index in [4.69, 9.17) is 4.42 Å². The molecule has 1 N–H and O–H groups in total. The molecule has 1 aromatic heterocycles. The molecular formula is C16H27N3O. The summed E-state index contributed by atoms with van der Waals surface area (Å²) in [4.78, 5) is 5.06. The first-order chi connectivity index (χ1) is 9.83. The molecule has 2 aliphatic rings. The second-order valence-corrected chi connectivity index (χ2v) is 6.19. The Hall–Kier alpha value is -0.840. The van der Waals surface area contributed by atoms with Gasteiger partial charge in [0, 0.05) is 44.3 Å². The Morgan fingerprint density at radius 2 is 1.95 bits per heavy atom. The monoisotopic (exact) mass is 277 g/mol. The van der Waals surface area contributed by atoms with E-state index in [9.17, 15) is 0 Å². The third-order valence-corrected chi connectivity index (χ3v) is 4.26. The zero-order chi connectivity index (χ0) is 13.8. The molecule has 0 bridgehead atoms. The van der Waals surface area contributed by atoms with Crippen LogP contribution in [0.3, 0.4) is 0 Å². The lowest BCUT2D eigenvalue weighted by Gasteiger charge is -2.33. The molecule has 3 rings (SSSR count). The van der Waals surface area contributed by atoms with Crippen LogP contribution in [-0.2, 0) is 13.1 Å². The predicted octanol–water partition coefficient (Wildman–Crippen LogP) is 2.06. The Kier molecular flexibility index (Phi) is 4.76. The van der Waals surface area contributed by atoms with Gasteiger partial charge in [0.1, 0.15) is 5.76 Å². The second kappa shape index (κ2) is 6.74. The van der Waals surface area contributed by atoms with Gasteiger partial charge in [0.05, 0.1) is 12.8 Å². The first-order valence-corrected chi connectivity index (χ1v) is 8.08. The van der Waals surface area contributed by atoms with Crippen LogP contribution in [0.4, 0.5) is 0 Å². The summed E-state index contributed by atoms with van der Waals surface area (Å²) in [6.45, 7) is 10.1. The molecular weight excluding hydrogens is 250 g/mol. The van der Waals surface area contributed by atoms with Gasteiger partial charge in [-0.15, -0.1) is 0 Å². The fraction of sp³-hybridized carbons (Fsp3) is 0.750. The topological polar surface area (TPSA) is 31.6 Å². The lowest BCUT2D eigenvalue weighted by molar-refractivity contribution is 0.121. The molecule has 112 valence electrons. The van der Waals surface area contributed by atoms with Crippen molar-refractivity contribution < 1.29 is 4.42 Å². The molecule has 4 nitrogen and oxygen atoms in total. The van der Waals surface area contributed by atoms with E-state index in [1.165, 1.54) is 44.5 Å². The van der Waals surface area contributed by atoms with E-state index in [2.05, 4.69) is 28.1 Å². The molecule has 1 saturated carbocycles. The summed E-state index contributed by atoms with van der Waals surface area (Å²) in [5.74, 6) is 1.11. The van der Waals surface area contributed by atoms with Gasteiger partial charge in [0.25, 0.3) is 0 Å². The van der Waals surface area contributed by atoms with Crippen LogP contribution in [0.1, 0.15) is 37.5 Å². The molecule has 0 spiro atoms. The highest BCUT2D eigenvalue weighted by Crippen LogP contribution is 2.20. The van der Waals surface area contributed by atoms with Gasteiger partial charge >= 0.3 is 0 Å². The number of nitrogens with one attached hydrogen (secondary N) is 1. The van der Waals surface area contributed by atoms with Gasteiger partial charge in [-0.1, -0.05) is 6.92 Å². The van der Waals surface area contributed by atoms with Crippen LogP contribution in [0.2, 0.25) is 0 Å². The average molecular weight is 277 g/mol. The maximum Gasteiger partial charge on any atom is 0.118 e. The molecule has 1 aliphatic heterocycles. The third kappa shape index (κ3) is 4.08. The maximum atomic E-state index is 5.70. The van der Waals surface area contributed by atoms with Crippen molar-refractivity contribution in [1.82, 2.24) is 15.1 Å². The number of nitrogens with zero attached hydrogens (tertiary/aromatic N) is 2. The van der Waals surface area contributed by atoms with Gasteiger partial charge in [-0.3, -0.25) is 4.90 Å². The number of hydrogen-bond donors (Lipinski definition) is 1. The normalized spacial score (nSPS) is 21.4. The molecule has 0 amide bonds. The van der Waals surface area contributed by atoms with Crippen LogP contribution >= 0.6 is 0 Å². The van der Waals surface area contributed by atoms with Crippen LogP contribution in [0.25, 0.3) is 0 Å². The first-order valence-electron chi connectivity index (χ1n) is 8.08. The molecule has 0 radical (unpaired) electrons. The van der Waals surface area contributed by atoms with Crippen LogP contribution in [0.5, 0.6) is 0 Å². The quantitative estimate of drug-likeness (QED) is 0.827. The maximum absolute atomic E-state index is 5.70. The van der Waals surface area contributed by atoms with Crippen molar-refractivity contribution in [3.05, 3.63) is 23.7 Å². The van der Waals surface area contributed by atoms with E-state index in [1.54, 1.807) is 0 Å². The summed E-state index contributed by atoms with van der Waals surface area (Å²) in [5, 5.41) is 3.53. The SMILES string of the molecule is CCCN1CCN(Cc2cc(CNC3CC3)co2)CC1. The van der Waals surface area contributed by atoms with Crippen molar-refractivity contribution in [3.63, 3.8) is 0 Å². The van der Waals surface area contributed by atoms with Gasteiger partial charge in [-0.2, -0.15) is 0 Å². The Morgan fingerprint density at radius 1 is 1.20 bits per heavy atom. The summed E-state index contributed by atoms with van der Waals surface area (Å²) in [6, 6.07) is 2.98. The number of furan rings is 1. The Bertz CT molecular complexity index is 406. The molecule has 1 aliphatic carbocycles. The number of rotatable bonds is 7. The summed E-state index contributed by atoms with van der Waals surface area (Å²) in [7, 11) is 0. The van der Waals surface area contributed by atoms with E-state index in [0.29, 0.717) is 0 Å². The molecule has 2 fully saturated rings. The predicted molar refractivity (Wildman–Crippen MR) is 80.6 cm³/mol. The highest BCUT2D eigenvalue weighted by atomic mass is 16.3. The minimum absolute atomic E-state index is 0.764. The average Bonchev–Trinajstić information content (AvgIpc) is 3.19. The van der Waals surface area contributed by atoms with Gasteiger partial charge < -0.3 is 14.6 Å². The van der Waals surface area contributed by atoms with E-state index in [0.717, 1.165) is 38.0 Å². The lowest BCUT2D eigenvalue weighted by Crippen LogP contribution is -2.45. The standard InChI is InChI=1S/C16H27N3O/c1-2-5-18-6-8-19(9-7-18)12-16-10-14(13-20-16)11-17-15-3-4-15/h10,13,15,17H,2-9,11-12H2,1H3. The van der Waals surface area contributed by atoms with Crippen molar-refractivity contribution in [3.8, 4) is 0 Å². The Balaban J connectivity index is 1.41. The number of hydrogen-bond acceptors (Lipinski definition) is 4.